The second kappa shape index (κ2) is 7.99. The van der Waals surface area contributed by atoms with Crippen LogP contribution in [-0.2, 0) is 22.5 Å². The van der Waals surface area contributed by atoms with Crippen LogP contribution in [0.1, 0.15) is 67.3 Å². The van der Waals surface area contributed by atoms with Crippen LogP contribution < -0.4 is 4.74 Å². The predicted octanol–water partition coefficient (Wildman–Crippen LogP) is 4.12. The van der Waals surface area contributed by atoms with Gasteiger partial charge in [0.2, 0.25) is 5.78 Å². The zero-order valence-corrected chi connectivity index (χ0v) is 16.5. The summed E-state index contributed by atoms with van der Waals surface area (Å²) in [6.07, 6.45) is 1.27. The average Bonchev–Trinajstić information content (AvgIpc) is 3.20. The number of aryl methyl sites for hydroxylation is 1. The molecule has 1 aliphatic rings. The summed E-state index contributed by atoms with van der Waals surface area (Å²) in [6.45, 7) is 8.91. The highest BCUT2D eigenvalue weighted by Crippen LogP contribution is 2.35. The molecule has 0 saturated carbocycles. The summed E-state index contributed by atoms with van der Waals surface area (Å²) in [7, 11) is 0. The first kappa shape index (κ1) is 19.2. The summed E-state index contributed by atoms with van der Waals surface area (Å²) in [6, 6.07) is 9.23. The predicted molar refractivity (Wildman–Crippen MR) is 103 cm³/mol. The van der Waals surface area contributed by atoms with E-state index in [1.54, 1.807) is 12.1 Å². The number of fused-ring (bicyclic) bond motifs is 1. The van der Waals surface area contributed by atoms with E-state index in [2.05, 4.69) is 0 Å². The minimum atomic E-state index is -0.292. The van der Waals surface area contributed by atoms with Gasteiger partial charge in [-0.15, -0.1) is 0 Å². The first-order valence-corrected chi connectivity index (χ1v) is 9.66. The lowest BCUT2D eigenvalue weighted by Crippen LogP contribution is -2.18. The van der Waals surface area contributed by atoms with E-state index < -0.39 is 0 Å². The van der Waals surface area contributed by atoms with Gasteiger partial charge in [-0.05, 0) is 69.5 Å². The smallest absolute Gasteiger partial charge is 0.315 e. The third kappa shape index (κ3) is 3.77. The summed E-state index contributed by atoms with van der Waals surface area (Å²) in [5, 5.41) is 0. The van der Waals surface area contributed by atoms with Crippen molar-refractivity contribution in [1.82, 2.24) is 4.57 Å². The molecule has 3 rings (SSSR count). The number of hydrogen-bond acceptors (Lipinski definition) is 4. The molecule has 0 N–H and O–H groups in total. The van der Waals surface area contributed by atoms with Crippen LogP contribution in [-0.4, -0.2) is 29.0 Å². The average molecular weight is 369 g/mol. The number of nitrogens with zero attached hydrogens (tertiary/aromatic N) is 1. The molecule has 0 saturated heterocycles. The third-order valence-corrected chi connectivity index (χ3v) is 4.87. The fourth-order valence-corrected chi connectivity index (χ4v) is 3.66. The first-order chi connectivity index (χ1) is 13.0. The molecule has 0 aliphatic carbocycles. The van der Waals surface area contributed by atoms with Crippen molar-refractivity contribution >= 4 is 11.8 Å². The number of esters is 1. The number of ketones is 1. The van der Waals surface area contributed by atoms with Crippen LogP contribution in [0, 0.1) is 0 Å². The Morgan fingerprint density at radius 1 is 1.19 bits per heavy atom. The van der Waals surface area contributed by atoms with Crippen molar-refractivity contribution in [3.8, 4) is 5.75 Å². The fraction of sp³-hybridized carbons (Fsp3) is 0.455. The van der Waals surface area contributed by atoms with Crippen molar-refractivity contribution in [3.05, 3.63) is 52.8 Å². The molecule has 144 valence electrons. The van der Waals surface area contributed by atoms with Crippen LogP contribution in [0.2, 0.25) is 0 Å². The highest BCUT2D eigenvalue weighted by molar-refractivity contribution is 6.09. The highest BCUT2D eigenvalue weighted by atomic mass is 16.5. The second-order valence-corrected chi connectivity index (χ2v) is 7.06. The van der Waals surface area contributed by atoms with Crippen LogP contribution in [0.4, 0.5) is 0 Å². The normalized spacial score (nSPS) is 15.7. The maximum atomic E-state index is 13.2. The Morgan fingerprint density at radius 3 is 2.48 bits per heavy atom. The fourth-order valence-electron chi connectivity index (χ4n) is 3.66. The third-order valence-electron chi connectivity index (χ3n) is 4.87. The Balaban J connectivity index is 1.92. The van der Waals surface area contributed by atoms with E-state index in [1.807, 2.05) is 50.5 Å². The van der Waals surface area contributed by atoms with Gasteiger partial charge in [0.25, 0.3) is 0 Å². The number of aromatic nitrogens is 1. The number of carbonyl (C=O) groups is 2. The van der Waals surface area contributed by atoms with E-state index in [-0.39, 0.29) is 23.8 Å². The quantitative estimate of drug-likeness (QED) is 0.544. The van der Waals surface area contributed by atoms with Gasteiger partial charge in [0, 0.05) is 17.8 Å². The van der Waals surface area contributed by atoms with E-state index in [4.69, 9.17) is 9.47 Å². The van der Waals surface area contributed by atoms with Gasteiger partial charge in [-0.1, -0.05) is 6.92 Å². The second-order valence-electron chi connectivity index (χ2n) is 7.06. The summed E-state index contributed by atoms with van der Waals surface area (Å²) in [5.74, 6) is 0.240. The molecule has 2 heterocycles. The molecule has 0 bridgehead atoms. The Kier molecular flexibility index (Phi) is 5.68. The van der Waals surface area contributed by atoms with Crippen molar-refractivity contribution in [2.45, 2.75) is 59.1 Å². The van der Waals surface area contributed by atoms with Crippen LogP contribution in [0.5, 0.6) is 5.75 Å². The van der Waals surface area contributed by atoms with Gasteiger partial charge in [0.05, 0.1) is 24.3 Å². The maximum absolute atomic E-state index is 13.2. The monoisotopic (exact) mass is 369 g/mol. The Bertz CT molecular complexity index is 833. The molecule has 1 aliphatic heterocycles. The van der Waals surface area contributed by atoms with Crippen LogP contribution in [0.3, 0.4) is 0 Å². The topological polar surface area (TPSA) is 57.5 Å². The van der Waals surface area contributed by atoms with Crippen LogP contribution >= 0.6 is 0 Å². The van der Waals surface area contributed by atoms with Crippen molar-refractivity contribution < 1.29 is 19.1 Å². The Morgan fingerprint density at radius 2 is 1.89 bits per heavy atom. The minimum Gasteiger partial charge on any atom is -0.494 e. The highest BCUT2D eigenvalue weighted by Gasteiger charge is 2.35. The Labute approximate surface area is 160 Å². The molecule has 5 nitrogen and oxygen atoms in total. The Hall–Kier alpha value is -2.56. The number of rotatable bonds is 7. The number of hydrogen-bond donors (Lipinski definition) is 0. The zero-order valence-electron chi connectivity index (χ0n) is 16.5. The molecular weight excluding hydrogens is 342 g/mol. The molecular formula is C22H27NO4. The molecule has 1 aromatic heterocycles. The summed E-state index contributed by atoms with van der Waals surface area (Å²) in [5.41, 5.74) is 3.19. The molecule has 0 amide bonds. The lowest BCUT2D eigenvalue weighted by atomic mass is 10.0. The molecule has 0 radical (unpaired) electrons. The van der Waals surface area contributed by atoms with Crippen molar-refractivity contribution in [2.24, 2.45) is 0 Å². The van der Waals surface area contributed by atoms with E-state index in [0.29, 0.717) is 30.8 Å². The maximum Gasteiger partial charge on any atom is 0.315 e. The summed E-state index contributed by atoms with van der Waals surface area (Å²) < 4.78 is 12.9. The van der Waals surface area contributed by atoms with E-state index in [0.717, 1.165) is 23.4 Å². The number of ether oxygens (including phenoxy) is 2. The van der Waals surface area contributed by atoms with Gasteiger partial charge >= 0.3 is 5.97 Å². The molecule has 27 heavy (non-hydrogen) atoms. The SMILES string of the molecule is CCOc1ccc(C(=O)c2c(CC)cc3n2CCC3C(=O)OC(C)C)cc1. The summed E-state index contributed by atoms with van der Waals surface area (Å²) in [4.78, 5) is 25.6. The van der Waals surface area contributed by atoms with Gasteiger partial charge in [-0.25, -0.2) is 0 Å². The van der Waals surface area contributed by atoms with E-state index in [1.165, 1.54) is 0 Å². The molecule has 1 atom stereocenters. The molecule has 2 aromatic rings. The minimum absolute atomic E-state index is 0.0148. The molecule has 1 aromatic carbocycles. The van der Waals surface area contributed by atoms with Crippen LogP contribution in [0.25, 0.3) is 0 Å². The molecule has 5 heteroatoms. The molecule has 1 unspecified atom stereocenters. The van der Waals surface area contributed by atoms with Crippen molar-refractivity contribution in [1.29, 1.82) is 0 Å². The number of carbonyl (C=O) groups excluding carboxylic acids is 2. The van der Waals surface area contributed by atoms with Crippen molar-refractivity contribution in [3.63, 3.8) is 0 Å². The standard InChI is InChI=1S/C22H27NO4/c1-5-15-13-19-18(22(25)27-14(3)4)11-12-23(19)20(15)21(24)16-7-9-17(10-8-16)26-6-2/h7-10,13-14,18H,5-6,11-12H2,1-4H3. The summed E-state index contributed by atoms with van der Waals surface area (Å²) >= 11 is 0. The van der Waals surface area contributed by atoms with Gasteiger partial charge in [0.1, 0.15) is 5.75 Å². The van der Waals surface area contributed by atoms with E-state index >= 15 is 0 Å². The molecule has 0 spiro atoms. The van der Waals surface area contributed by atoms with Crippen molar-refractivity contribution in [2.75, 3.05) is 6.61 Å². The lowest BCUT2D eigenvalue weighted by Gasteiger charge is -2.12. The zero-order chi connectivity index (χ0) is 19.6. The molecule has 0 fully saturated rings. The number of benzene rings is 1. The van der Waals surface area contributed by atoms with Gasteiger partial charge in [0.15, 0.2) is 0 Å². The van der Waals surface area contributed by atoms with Gasteiger partial charge in [-0.3, -0.25) is 9.59 Å². The van der Waals surface area contributed by atoms with Gasteiger partial charge in [-0.2, -0.15) is 0 Å². The largest absolute Gasteiger partial charge is 0.494 e. The van der Waals surface area contributed by atoms with Gasteiger partial charge < -0.3 is 14.0 Å². The lowest BCUT2D eigenvalue weighted by molar-refractivity contribution is -0.149. The van der Waals surface area contributed by atoms with Crippen LogP contribution in [0.15, 0.2) is 30.3 Å². The first-order valence-electron chi connectivity index (χ1n) is 9.66. The van der Waals surface area contributed by atoms with E-state index in [9.17, 15) is 9.59 Å².